The van der Waals surface area contributed by atoms with Gasteiger partial charge in [0, 0.05) is 53.9 Å². The Morgan fingerprint density at radius 1 is 1.00 bits per heavy atom. The zero-order valence-corrected chi connectivity index (χ0v) is 27.6. The summed E-state index contributed by atoms with van der Waals surface area (Å²) in [6, 6.07) is 14.8. The summed E-state index contributed by atoms with van der Waals surface area (Å²) < 4.78 is 10.5. The van der Waals surface area contributed by atoms with E-state index in [1.54, 1.807) is 18.2 Å². The van der Waals surface area contributed by atoms with Crippen LogP contribution in [0.2, 0.25) is 5.02 Å². The molecule has 0 saturated carbocycles. The molecule has 1 heterocycles. The molecule has 0 unspecified atom stereocenters. The number of methoxy groups -OCH3 is 1. The number of hydrogen-bond donors (Lipinski definition) is 2. The second kappa shape index (κ2) is 15.9. The summed E-state index contributed by atoms with van der Waals surface area (Å²) in [6.45, 7) is 4.26. The van der Waals surface area contributed by atoms with Crippen LogP contribution in [0.4, 0.5) is 27.5 Å². The van der Waals surface area contributed by atoms with E-state index in [1.165, 1.54) is 55.7 Å². The third-order valence-electron chi connectivity index (χ3n) is 6.94. The van der Waals surface area contributed by atoms with Crippen LogP contribution in [0.1, 0.15) is 29.8 Å². The highest BCUT2D eigenvalue weighted by Gasteiger charge is 2.36. The third kappa shape index (κ3) is 8.68. The highest BCUT2D eigenvalue weighted by atomic mass is 35.5. The molecule has 48 heavy (non-hydrogen) atoms. The average molecular weight is 696 g/mol. The molecule has 4 amide bonds. The smallest absolute Gasteiger partial charge is 0.339 e. The van der Waals surface area contributed by atoms with Crippen molar-refractivity contribution in [2.75, 3.05) is 48.9 Å². The van der Waals surface area contributed by atoms with E-state index in [0.717, 1.165) is 10.6 Å². The van der Waals surface area contributed by atoms with Gasteiger partial charge in [-0.05, 0) is 68.1 Å². The van der Waals surface area contributed by atoms with Crippen molar-refractivity contribution in [1.82, 2.24) is 4.90 Å². The number of hydrogen-bond acceptors (Lipinski definition) is 11. The lowest BCUT2D eigenvalue weighted by Crippen LogP contribution is -2.36. The summed E-state index contributed by atoms with van der Waals surface area (Å²) in [6.07, 6.45) is 1.43. The number of nitrogens with zero attached hydrogens (tertiary/aromatic N) is 3. The van der Waals surface area contributed by atoms with E-state index in [2.05, 4.69) is 15.4 Å². The molecule has 250 valence electrons. The Labute approximate surface area is 284 Å². The highest BCUT2D eigenvalue weighted by molar-refractivity contribution is 8.18. The van der Waals surface area contributed by atoms with Crippen LogP contribution in [-0.2, 0) is 19.1 Å². The summed E-state index contributed by atoms with van der Waals surface area (Å²) in [5.41, 5.74) is 1.43. The van der Waals surface area contributed by atoms with Gasteiger partial charge in [-0.2, -0.15) is 0 Å². The number of amides is 4. The number of esters is 1. The number of imide groups is 1. The van der Waals surface area contributed by atoms with Gasteiger partial charge in [0.05, 0.1) is 27.5 Å². The van der Waals surface area contributed by atoms with Crippen LogP contribution in [0.15, 0.2) is 65.6 Å². The van der Waals surface area contributed by atoms with Gasteiger partial charge in [-0.3, -0.25) is 34.2 Å². The van der Waals surface area contributed by atoms with Gasteiger partial charge in [0.1, 0.15) is 12.3 Å². The Morgan fingerprint density at radius 3 is 2.40 bits per heavy atom. The van der Waals surface area contributed by atoms with Crippen LogP contribution in [0.25, 0.3) is 6.08 Å². The molecule has 0 aromatic heterocycles. The second-order valence-electron chi connectivity index (χ2n) is 10.0. The number of carbonyl (C=O) groups is 5. The minimum atomic E-state index is -0.714. The number of ether oxygens (including phenoxy) is 2. The fourth-order valence-corrected chi connectivity index (χ4v) is 5.61. The van der Waals surface area contributed by atoms with Gasteiger partial charge in [0.2, 0.25) is 5.91 Å². The maximum Gasteiger partial charge on any atom is 0.339 e. The number of halogens is 1. The van der Waals surface area contributed by atoms with Crippen molar-refractivity contribution in [3.8, 4) is 5.75 Å². The van der Waals surface area contributed by atoms with E-state index < -0.39 is 47.0 Å². The molecule has 4 rings (SSSR count). The largest absolute Gasteiger partial charge is 0.483 e. The highest BCUT2D eigenvalue weighted by Crippen LogP contribution is 2.35. The van der Waals surface area contributed by atoms with Crippen molar-refractivity contribution in [2.45, 2.75) is 13.8 Å². The molecule has 0 aliphatic carbocycles. The molecule has 1 aliphatic heterocycles. The first-order valence-corrected chi connectivity index (χ1v) is 15.6. The molecule has 0 spiro atoms. The van der Waals surface area contributed by atoms with Gasteiger partial charge in [0.15, 0.2) is 6.61 Å². The Balaban J connectivity index is 1.51. The van der Waals surface area contributed by atoms with E-state index >= 15 is 0 Å². The predicted molar refractivity (Wildman–Crippen MR) is 181 cm³/mol. The number of nitro groups is 1. The van der Waals surface area contributed by atoms with Crippen LogP contribution >= 0.6 is 23.4 Å². The summed E-state index contributed by atoms with van der Waals surface area (Å²) in [5, 5.41) is 15.6. The standard InChI is InChI=1S/C32H30ClN5O9S/c1-4-36(5-2)22-11-9-19(26(16-22)47-18-29(40)35-20-7-6-8-23(14-20)38(44)45)13-27-30(41)37(32(43)48-27)17-28(39)34-21-10-12-25(33)24(15-21)31(42)46-3/h6-16H,4-5,17-18H2,1-3H3,(H,34,39)(H,35,40)/b27-13+. The van der Waals surface area contributed by atoms with Crippen LogP contribution in [0.5, 0.6) is 5.75 Å². The normalized spacial score (nSPS) is 13.3. The molecule has 0 atom stereocenters. The lowest BCUT2D eigenvalue weighted by molar-refractivity contribution is -0.384. The van der Waals surface area contributed by atoms with E-state index in [1.807, 2.05) is 18.7 Å². The van der Waals surface area contributed by atoms with Gasteiger partial charge >= 0.3 is 5.97 Å². The average Bonchev–Trinajstić information content (AvgIpc) is 3.32. The van der Waals surface area contributed by atoms with E-state index in [4.69, 9.17) is 16.3 Å². The van der Waals surface area contributed by atoms with Gasteiger partial charge in [-0.25, -0.2) is 4.79 Å². The van der Waals surface area contributed by atoms with Crippen molar-refractivity contribution in [3.63, 3.8) is 0 Å². The van der Waals surface area contributed by atoms with E-state index in [-0.39, 0.29) is 38.3 Å². The second-order valence-corrected chi connectivity index (χ2v) is 11.4. The van der Waals surface area contributed by atoms with Crippen molar-refractivity contribution in [1.29, 1.82) is 0 Å². The van der Waals surface area contributed by atoms with Crippen molar-refractivity contribution in [2.24, 2.45) is 0 Å². The van der Waals surface area contributed by atoms with Crippen molar-refractivity contribution < 1.29 is 38.4 Å². The maximum absolute atomic E-state index is 13.3. The number of nitro benzene ring substituents is 1. The van der Waals surface area contributed by atoms with E-state index in [9.17, 15) is 34.1 Å². The predicted octanol–water partition coefficient (Wildman–Crippen LogP) is 5.57. The Hall–Kier alpha value is -5.41. The number of benzene rings is 3. The molecule has 0 bridgehead atoms. The summed E-state index contributed by atoms with van der Waals surface area (Å²) in [7, 11) is 1.19. The molecule has 1 aliphatic rings. The van der Waals surface area contributed by atoms with Crippen LogP contribution in [0, 0.1) is 10.1 Å². The van der Waals surface area contributed by atoms with Crippen LogP contribution < -0.4 is 20.3 Å². The summed E-state index contributed by atoms with van der Waals surface area (Å²) in [4.78, 5) is 76.8. The third-order valence-corrected chi connectivity index (χ3v) is 8.18. The zero-order valence-electron chi connectivity index (χ0n) is 26.0. The minimum absolute atomic E-state index is 0.0220. The number of carbonyl (C=O) groups excluding carboxylic acids is 5. The Bertz CT molecular complexity index is 1810. The number of anilines is 3. The first-order valence-electron chi connectivity index (χ1n) is 14.4. The molecular formula is C32H30ClN5O9S. The minimum Gasteiger partial charge on any atom is -0.483 e. The van der Waals surface area contributed by atoms with E-state index in [0.29, 0.717) is 30.4 Å². The Morgan fingerprint density at radius 2 is 1.71 bits per heavy atom. The molecule has 1 fully saturated rings. The molecule has 16 heteroatoms. The molecular weight excluding hydrogens is 666 g/mol. The molecule has 1 saturated heterocycles. The van der Waals surface area contributed by atoms with Gasteiger partial charge in [-0.15, -0.1) is 0 Å². The number of non-ortho nitro benzene ring substituents is 1. The zero-order chi connectivity index (χ0) is 35.0. The van der Waals surface area contributed by atoms with Crippen molar-refractivity contribution >= 4 is 81.1 Å². The van der Waals surface area contributed by atoms with Crippen LogP contribution in [-0.4, -0.2) is 72.1 Å². The fraction of sp³-hybridized carbons (Fsp3) is 0.219. The number of rotatable bonds is 13. The topological polar surface area (TPSA) is 177 Å². The molecule has 14 nitrogen and oxygen atoms in total. The fourth-order valence-electron chi connectivity index (χ4n) is 4.58. The lowest BCUT2D eigenvalue weighted by Gasteiger charge is -2.22. The quantitative estimate of drug-likeness (QED) is 0.0988. The van der Waals surface area contributed by atoms with Gasteiger partial charge in [0.25, 0.3) is 22.7 Å². The maximum atomic E-state index is 13.3. The molecule has 0 radical (unpaired) electrons. The monoisotopic (exact) mass is 695 g/mol. The molecule has 3 aromatic carbocycles. The number of thioether (sulfide) groups is 1. The summed E-state index contributed by atoms with van der Waals surface area (Å²) in [5.74, 6) is -2.46. The van der Waals surface area contributed by atoms with Gasteiger partial charge in [-0.1, -0.05) is 17.7 Å². The summed E-state index contributed by atoms with van der Waals surface area (Å²) >= 11 is 6.66. The first-order chi connectivity index (χ1) is 22.9. The van der Waals surface area contributed by atoms with Crippen LogP contribution in [0.3, 0.4) is 0 Å². The SMILES string of the molecule is CCN(CC)c1ccc(/C=C2/SC(=O)N(CC(=O)Nc3ccc(Cl)c(C(=O)OC)c3)C2=O)c(OCC(=O)Nc2cccc([N+](=O)[O-])c2)c1. The molecule has 2 N–H and O–H groups in total. The molecule has 3 aromatic rings. The lowest BCUT2D eigenvalue weighted by atomic mass is 10.1. The van der Waals surface area contributed by atoms with Crippen molar-refractivity contribution in [3.05, 3.63) is 91.8 Å². The van der Waals surface area contributed by atoms with Gasteiger partial charge < -0.3 is 25.0 Å². The number of nitrogens with one attached hydrogen (secondary N) is 2. The Kier molecular flexibility index (Phi) is 11.8. The first kappa shape index (κ1) is 35.4.